The fourth-order valence-corrected chi connectivity index (χ4v) is 3.26. The van der Waals surface area contributed by atoms with E-state index in [0.29, 0.717) is 34.5 Å². The number of fused-ring (bicyclic) bond motifs is 1. The Morgan fingerprint density at radius 3 is 2.87 bits per heavy atom. The van der Waals surface area contributed by atoms with E-state index in [9.17, 15) is 14.3 Å². The number of nitrogens with zero attached hydrogens (tertiary/aromatic N) is 2. The van der Waals surface area contributed by atoms with E-state index in [1.165, 1.54) is 18.3 Å². The van der Waals surface area contributed by atoms with E-state index >= 15 is 0 Å². The molecule has 0 aliphatic heterocycles. The van der Waals surface area contributed by atoms with E-state index in [1.54, 1.807) is 18.3 Å². The number of nitrogens with two attached hydrogens (primary N) is 1. The van der Waals surface area contributed by atoms with Crippen LogP contribution in [-0.4, -0.2) is 59.1 Å². The first kappa shape index (κ1) is 22.7. The monoisotopic (exact) mass is 429 g/mol. The minimum absolute atomic E-state index is 0.0306. The number of nitrogens with one attached hydrogen (secondary N) is 2. The molecule has 5 N–H and O–H groups in total. The van der Waals surface area contributed by atoms with Crippen LogP contribution in [0.5, 0.6) is 11.5 Å². The highest BCUT2D eigenvalue weighted by Gasteiger charge is 2.16. The quantitative estimate of drug-likeness (QED) is 0.366. The molecule has 2 aromatic heterocycles. The highest BCUT2D eigenvalue weighted by Crippen LogP contribution is 2.32. The molecular formula is C22H28FN5O3. The second-order valence-electron chi connectivity index (χ2n) is 7.63. The molecule has 8 nitrogen and oxygen atoms in total. The summed E-state index contributed by atoms with van der Waals surface area (Å²) in [6.07, 6.45) is 4.21. The van der Waals surface area contributed by atoms with Gasteiger partial charge in [0.2, 0.25) is 5.91 Å². The van der Waals surface area contributed by atoms with Gasteiger partial charge in [0.15, 0.2) is 11.6 Å². The number of benzene rings is 1. The van der Waals surface area contributed by atoms with Crippen molar-refractivity contribution in [2.75, 3.05) is 27.2 Å². The third-order valence-corrected chi connectivity index (χ3v) is 4.88. The molecule has 1 aromatic carbocycles. The van der Waals surface area contributed by atoms with E-state index in [2.05, 4.69) is 15.3 Å². The van der Waals surface area contributed by atoms with Gasteiger partial charge in [0.05, 0.1) is 18.0 Å². The number of hydrogen-bond donors (Lipinski definition) is 4. The molecule has 9 heteroatoms. The number of carbonyl (C=O) groups excluding carboxylic acids is 1. The number of ether oxygens (including phenoxy) is 1. The van der Waals surface area contributed by atoms with Crippen molar-refractivity contribution in [2.45, 2.75) is 25.5 Å². The number of halogens is 1. The highest BCUT2D eigenvalue weighted by molar-refractivity contribution is 5.86. The van der Waals surface area contributed by atoms with Crippen molar-refractivity contribution in [1.29, 1.82) is 0 Å². The highest BCUT2D eigenvalue weighted by atomic mass is 19.1. The van der Waals surface area contributed by atoms with Gasteiger partial charge in [-0.2, -0.15) is 0 Å². The van der Waals surface area contributed by atoms with E-state index in [-0.39, 0.29) is 24.7 Å². The fourth-order valence-electron chi connectivity index (χ4n) is 3.26. The lowest BCUT2D eigenvalue weighted by molar-refractivity contribution is -0.122. The maximum atomic E-state index is 14.7. The predicted octanol–water partition coefficient (Wildman–Crippen LogP) is 1.92. The summed E-state index contributed by atoms with van der Waals surface area (Å²) in [4.78, 5) is 21.3. The van der Waals surface area contributed by atoms with Gasteiger partial charge >= 0.3 is 0 Å². The number of carbonyl (C=O) groups is 1. The molecule has 0 aliphatic carbocycles. The summed E-state index contributed by atoms with van der Waals surface area (Å²) < 4.78 is 20.4. The van der Waals surface area contributed by atoms with Gasteiger partial charge in [-0.3, -0.25) is 4.79 Å². The number of hydrogen-bond acceptors (Lipinski definition) is 6. The fraction of sp³-hybridized carbons (Fsp3) is 0.364. The van der Waals surface area contributed by atoms with Crippen LogP contribution < -0.4 is 15.8 Å². The molecular weight excluding hydrogens is 401 g/mol. The van der Waals surface area contributed by atoms with Crippen LogP contribution in [-0.2, 0) is 17.8 Å². The van der Waals surface area contributed by atoms with Crippen LogP contribution in [0.25, 0.3) is 11.0 Å². The first-order valence-electron chi connectivity index (χ1n) is 10.1. The Balaban J connectivity index is 1.64. The lowest BCUT2D eigenvalue weighted by Gasteiger charge is -2.14. The van der Waals surface area contributed by atoms with Crippen LogP contribution in [0.2, 0.25) is 0 Å². The smallest absolute Gasteiger partial charge is 0.237 e. The van der Waals surface area contributed by atoms with Gasteiger partial charge in [0, 0.05) is 24.5 Å². The Morgan fingerprint density at radius 1 is 1.35 bits per heavy atom. The SMILES string of the molecule is CN(C)CCCNC(=O)C(N)Cc1ccc(Oc2ccnc3[nH]cc(CO)c23)c(F)c1. The van der Waals surface area contributed by atoms with Crippen LogP contribution >= 0.6 is 0 Å². The van der Waals surface area contributed by atoms with Gasteiger partial charge in [-0.1, -0.05) is 6.07 Å². The van der Waals surface area contributed by atoms with Gasteiger partial charge in [-0.05, 0) is 57.2 Å². The van der Waals surface area contributed by atoms with Gasteiger partial charge in [-0.15, -0.1) is 0 Å². The molecule has 166 valence electrons. The molecule has 31 heavy (non-hydrogen) atoms. The van der Waals surface area contributed by atoms with Crippen LogP contribution in [0.3, 0.4) is 0 Å². The third kappa shape index (κ3) is 5.78. The van der Waals surface area contributed by atoms with E-state index in [0.717, 1.165) is 13.0 Å². The van der Waals surface area contributed by atoms with Crippen molar-refractivity contribution in [1.82, 2.24) is 20.2 Å². The Labute approximate surface area is 180 Å². The zero-order valence-electron chi connectivity index (χ0n) is 17.7. The van der Waals surface area contributed by atoms with E-state index < -0.39 is 11.9 Å². The van der Waals surface area contributed by atoms with Gasteiger partial charge in [0.25, 0.3) is 0 Å². The molecule has 0 fully saturated rings. The molecule has 1 atom stereocenters. The Kier molecular flexibility index (Phi) is 7.56. The predicted molar refractivity (Wildman–Crippen MR) is 116 cm³/mol. The van der Waals surface area contributed by atoms with Gasteiger partial charge in [-0.25, -0.2) is 9.37 Å². The van der Waals surface area contributed by atoms with Crippen molar-refractivity contribution in [3.05, 3.63) is 53.6 Å². The molecule has 3 aromatic rings. The molecule has 2 heterocycles. The van der Waals surface area contributed by atoms with Gasteiger partial charge in [0.1, 0.15) is 11.4 Å². The summed E-state index contributed by atoms with van der Waals surface area (Å²) in [5.74, 6) is -0.413. The summed E-state index contributed by atoms with van der Waals surface area (Å²) in [5.41, 5.74) is 7.72. The number of aliphatic hydroxyl groups is 1. The second kappa shape index (κ2) is 10.3. The summed E-state index contributed by atoms with van der Waals surface area (Å²) >= 11 is 0. The van der Waals surface area contributed by atoms with Crippen molar-refractivity contribution in [2.24, 2.45) is 5.73 Å². The van der Waals surface area contributed by atoms with Crippen molar-refractivity contribution >= 4 is 16.9 Å². The lowest BCUT2D eigenvalue weighted by atomic mass is 10.1. The minimum atomic E-state index is -0.766. The Hall–Kier alpha value is -3.01. The largest absolute Gasteiger partial charge is 0.453 e. The first-order chi connectivity index (χ1) is 14.9. The number of amides is 1. The minimum Gasteiger partial charge on any atom is -0.453 e. The number of aliphatic hydroxyl groups excluding tert-OH is 1. The van der Waals surface area contributed by atoms with Crippen molar-refractivity contribution in [3.63, 3.8) is 0 Å². The number of pyridine rings is 1. The molecule has 1 amide bonds. The summed E-state index contributed by atoms with van der Waals surface area (Å²) in [6, 6.07) is 5.34. The van der Waals surface area contributed by atoms with E-state index in [1.807, 2.05) is 19.0 Å². The second-order valence-corrected chi connectivity index (χ2v) is 7.63. The van der Waals surface area contributed by atoms with Crippen LogP contribution in [0, 0.1) is 5.82 Å². The number of H-pyrrole nitrogens is 1. The molecule has 0 saturated carbocycles. The van der Waals surface area contributed by atoms with Crippen LogP contribution in [0.15, 0.2) is 36.7 Å². The Morgan fingerprint density at radius 2 is 2.16 bits per heavy atom. The van der Waals surface area contributed by atoms with Crippen LogP contribution in [0.1, 0.15) is 17.5 Å². The number of aromatic amines is 1. The third-order valence-electron chi connectivity index (χ3n) is 4.88. The maximum Gasteiger partial charge on any atom is 0.237 e. The zero-order valence-corrected chi connectivity index (χ0v) is 17.7. The van der Waals surface area contributed by atoms with Crippen LogP contribution in [0.4, 0.5) is 4.39 Å². The standard InChI is InChI=1S/C22H28FN5O3/c1-28(2)9-3-7-26-22(30)17(24)11-14-4-5-18(16(23)10-14)31-19-6-8-25-21-20(19)15(13-29)12-27-21/h4-6,8,10,12,17,29H,3,7,9,11,13,24H2,1-2H3,(H,25,27)(H,26,30). The summed E-state index contributed by atoms with van der Waals surface area (Å²) in [5, 5.41) is 12.9. The number of rotatable bonds is 10. The molecule has 0 aliphatic rings. The molecule has 1 unspecified atom stereocenters. The molecule has 0 bridgehead atoms. The van der Waals surface area contributed by atoms with Crippen molar-refractivity contribution in [3.8, 4) is 11.5 Å². The summed E-state index contributed by atoms with van der Waals surface area (Å²) in [7, 11) is 3.94. The maximum absolute atomic E-state index is 14.7. The normalized spacial score (nSPS) is 12.3. The van der Waals surface area contributed by atoms with E-state index in [4.69, 9.17) is 10.5 Å². The first-order valence-corrected chi connectivity index (χ1v) is 10.1. The average Bonchev–Trinajstić information content (AvgIpc) is 3.17. The number of aromatic nitrogens is 2. The average molecular weight is 429 g/mol. The molecule has 0 radical (unpaired) electrons. The molecule has 0 saturated heterocycles. The summed E-state index contributed by atoms with van der Waals surface area (Å²) in [6.45, 7) is 1.22. The van der Waals surface area contributed by atoms with Crippen molar-refractivity contribution < 1.29 is 19.0 Å². The molecule has 3 rings (SSSR count). The lowest BCUT2D eigenvalue weighted by Crippen LogP contribution is -2.42. The topological polar surface area (TPSA) is 117 Å². The Bertz CT molecular complexity index is 1040. The molecule has 0 spiro atoms. The van der Waals surface area contributed by atoms with Gasteiger partial charge < -0.3 is 30.8 Å². The zero-order chi connectivity index (χ0) is 22.4.